The van der Waals surface area contributed by atoms with Gasteiger partial charge in [0.25, 0.3) is 0 Å². The molecule has 0 radical (unpaired) electrons. The molecule has 1 heterocycles. The highest BCUT2D eigenvalue weighted by atomic mass is 32.2. The molecule has 0 fully saturated rings. The number of hydrogen-bond donors (Lipinski definition) is 2. The fourth-order valence-corrected chi connectivity index (χ4v) is 3.58. The van der Waals surface area contributed by atoms with Crippen LogP contribution in [-0.2, 0) is 16.4 Å². The number of nitrogens with two attached hydrogens (primary N) is 1. The molecule has 0 saturated carbocycles. The topological polar surface area (TPSA) is 85.1 Å². The molecule has 0 spiro atoms. The third kappa shape index (κ3) is 3.59. The van der Waals surface area contributed by atoms with Crippen LogP contribution in [0.2, 0.25) is 0 Å². The van der Waals surface area contributed by atoms with E-state index in [4.69, 9.17) is 5.73 Å². The number of pyridine rings is 1. The average Bonchev–Trinajstić information content (AvgIpc) is 2.44. The highest BCUT2D eigenvalue weighted by Crippen LogP contribution is 2.24. The molecule has 0 aliphatic rings. The Hall–Kier alpha value is -1.92. The van der Waals surface area contributed by atoms with Crippen molar-refractivity contribution in [2.45, 2.75) is 25.2 Å². The maximum atomic E-state index is 12.4. The number of anilines is 1. The van der Waals surface area contributed by atoms with Gasteiger partial charge in [0, 0.05) is 18.9 Å². The van der Waals surface area contributed by atoms with Crippen molar-refractivity contribution >= 4 is 15.7 Å². The van der Waals surface area contributed by atoms with Gasteiger partial charge in [0.05, 0.1) is 5.69 Å². The van der Waals surface area contributed by atoms with Crippen LogP contribution in [0, 0.1) is 13.8 Å². The van der Waals surface area contributed by atoms with Crippen molar-refractivity contribution in [2.24, 2.45) is 0 Å². The van der Waals surface area contributed by atoms with Crippen molar-refractivity contribution in [3.8, 4) is 0 Å². The van der Waals surface area contributed by atoms with Crippen molar-refractivity contribution in [2.75, 3.05) is 12.3 Å². The van der Waals surface area contributed by atoms with Gasteiger partial charge < -0.3 is 5.73 Å². The quantitative estimate of drug-likeness (QED) is 0.825. The monoisotopic (exact) mass is 305 g/mol. The van der Waals surface area contributed by atoms with Crippen molar-refractivity contribution in [3.05, 3.63) is 53.3 Å². The van der Waals surface area contributed by atoms with E-state index < -0.39 is 10.0 Å². The fraction of sp³-hybridized carbons (Fsp3) is 0.267. The minimum Gasteiger partial charge on any atom is -0.398 e. The summed E-state index contributed by atoms with van der Waals surface area (Å²) >= 11 is 0. The number of aryl methyl sites for hydroxylation is 1. The third-order valence-electron chi connectivity index (χ3n) is 3.43. The maximum absolute atomic E-state index is 12.4. The normalized spacial score (nSPS) is 11.5. The molecule has 6 heteroatoms. The molecule has 0 unspecified atom stereocenters. The molecule has 21 heavy (non-hydrogen) atoms. The summed E-state index contributed by atoms with van der Waals surface area (Å²) in [5.74, 6) is 0. The molecule has 0 aliphatic heterocycles. The molecular formula is C15H19N3O2S. The van der Waals surface area contributed by atoms with Gasteiger partial charge >= 0.3 is 0 Å². The van der Waals surface area contributed by atoms with Crippen LogP contribution in [0.15, 0.2) is 41.6 Å². The Labute approximate surface area is 125 Å². The van der Waals surface area contributed by atoms with Crippen molar-refractivity contribution in [1.29, 1.82) is 0 Å². The van der Waals surface area contributed by atoms with Gasteiger partial charge in [0.2, 0.25) is 10.0 Å². The summed E-state index contributed by atoms with van der Waals surface area (Å²) in [7, 11) is -3.60. The lowest BCUT2D eigenvalue weighted by Crippen LogP contribution is -2.27. The van der Waals surface area contributed by atoms with Gasteiger partial charge in [0.1, 0.15) is 4.90 Å². The first-order chi connectivity index (χ1) is 9.92. The highest BCUT2D eigenvalue weighted by molar-refractivity contribution is 7.89. The van der Waals surface area contributed by atoms with Gasteiger partial charge in [-0.25, -0.2) is 13.1 Å². The molecule has 0 amide bonds. The summed E-state index contributed by atoms with van der Waals surface area (Å²) < 4.78 is 27.4. The third-order valence-corrected chi connectivity index (χ3v) is 5.09. The van der Waals surface area contributed by atoms with Gasteiger partial charge in [-0.3, -0.25) is 4.98 Å². The molecule has 0 bridgehead atoms. The Morgan fingerprint density at radius 3 is 2.48 bits per heavy atom. The zero-order valence-electron chi connectivity index (χ0n) is 12.1. The number of hydrogen-bond acceptors (Lipinski definition) is 4. The number of benzene rings is 1. The van der Waals surface area contributed by atoms with E-state index in [0.29, 0.717) is 18.5 Å². The van der Waals surface area contributed by atoms with Crippen LogP contribution in [0.5, 0.6) is 0 Å². The summed E-state index contributed by atoms with van der Waals surface area (Å²) in [4.78, 5) is 4.11. The molecule has 3 N–H and O–H groups in total. The lowest BCUT2D eigenvalue weighted by atomic mass is 10.1. The van der Waals surface area contributed by atoms with Crippen LogP contribution in [0.25, 0.3) is 0 Å². The van der Waals surface area contributed by atoms with E-state index in [9.17, 15) is 8.42 Å². The molecule has 2 rings (SSSR count). The molecule has 112 valence electrons. The first-order valence-corrected chi connectivity index (χ1v) is 8.14. The zero-order valence-corrected chi connectivity index (χ0v) is 12.9. The largest absolute Gasteiger partial charge is 0.398 e. The summed E-state index contributed by atoms with van der Waals surface area (Å²) in [6, 6.07) is 7.17. The first-order valence-electron chi connectivity index (χ1n) is 6.66. The molecule has 1 aromatic heterocycles. The van der Waals surface area contributed by atoms with Crippen molar-refractivity contribution in [1.82, 2.24) is 9.71 Å². The molecule has 2 aromatic rings. The molecule has 0 saturated heterocycles. The predicted molar refractivity (Wildman–Crippen MR) is 83.5 cm³/mol. The fourth-order valence-electron chi connectivity index (χ4n) is 2.12. The second-order valence-corrected chi connectivity index (χ2v) is 6.63. The van der Waals surface area contributed by atoms with Gasteiger partial charge in [-0.05, 0) is 55.2 Å². The van der Waals surface area contributed by atoms with Crippen LogP contribution in [-0.4, -0.2) is 19.9 Å². The Kier molecular flexibility index (Phi) is 4.59. The zero-order chi connectivity index (χ0) is 15.5. The number of nitrogens with one attached hydrogen (secondary N) is 1. The lowest BCUT2D eigenvalue weighted by molar-refractivity contribution is 0.581. The molecule has 0 atom stereocenters. The van der Waals surface area contributed by atoms with E-state index in [-0.39, 0.29) is 10.6 Å². The highest BCUT2D eigenvalue weighted by Gasteiger charge is 2.20. The predicted octanol–water partition coefficient (Wildman–Crippen LogP) is 1.80. The van der Waals surface area contributed by atoms with Crippen LogP contribution < -0.4 is 10.5 Å². The van der Waals surface area contributed by atoms with Crippen LogP contribution >= 0.6 is 0 Å². The Morgan fingerprint density at radius 2 is 1.81 bits per heavy atom. The number of aromatic nitrogens is 1. The van der Waals surface area contributed by atoms with Gasteiger partial charge in [-0.15, -0.1) is 0 Å². The lowest BCUT2D eigenvalue weighted by Gasteiger charge is -2.13. The van der Waals surface area contributed by atoms with Crippen molar-refractivity contribution in [3.63, 3.8) is 0 Å². The molecule has 0 aliphatic carbocycles. The number of nitrogens with zero attached hydrogens (tertiary/aromatic N) is 1. The van der Waals surface area contributed by atoms with Gasteiger partial charge in [0.15, 0.2) is 0 Å². The average molecular weight is 305 g/mol. The second-order valence-electron chi connectivity index (χ2n) is 4.93. The summed E-state index contributed by atoms with van der Waals surface area (Å²) in [6.07, 6.45) is 3.98. The molecule has 1 aromatic carbocycles. The molecule has 5 nitrogen and oxygen atoms in total. The maximum Gasteiger partial charge on any atom is 0.242 e. The van der Waals surface area contributed by atoms with Gasteiger partial charge in [-0.1, -0.05) is 6.07 Å². The van der Waals surface area contributed by atoms with E-state index in [1.54, 1.807) is 25.4 Å². The Balaban J connectivity index is 2.14. The van der Waals surface area contributed by atoms with E-state index in [2.05, 4.69) is 9.71 Å². The van der Waals surface area contributed by atoms with Crippen LogP contribution in [0.3, 0.4) is 0 Å². The summed E-state index contributed by atoms with van der Waals surface area (Å²) in [5.41, 5.74) is 8.72. The van der Waals surface area contributed by atoms with E-state index in [1.807, 2.05) is 25.1 Å². The minimum atomic E-state index is -3.60. The summed E-state index contributed by atoms with van der Waals surface area (Å²) in [5, 5.41) is 0. The number of sulfonamides is 1. The standard InChI is InChI=1S/C15H19N3O2S/c1-11-3-4-14(16)15(12(11)2)21(19,20)18-10-7-13-5-8-17-9-6-13/h3-6,8-9,18H,7,10,16H2,1-2H3. The van der Waals surface area contributed by atoms with E-state index in [1.165, 1.54) is 0 Å². The minimum absolute atomic E-state index is 0.178. The molecular weight excluding hydrogens is 286 g/mol. The van der Waals surface area contributed by atoms with Gasteiger partial charge in [-0.2, -0.15) is 0 Å². The van der Waals surface area contributed by atoms with E-state index >= 15 is 0 Å². The Bertz CT molecular complexity index is 728. The number of nitrogen functional groups attached to an aromatic ring is 1. The Morgan fingerprint density at radius 1 is 1.14 bits per heavy atom. The van der Waals surface area contributed by atoms with Crippen molar-refractivity contribution < 1.29 is 8.42 Å². The smallest absolute Gasteiger partial charge is 0.242 e. The number of rotatable bonds is 5. The SMILES string of the molecule is Cc1ccc(N)c(S(=O)(=O)NCCc2ccncc2)c1C. The van der Waals surface area contributed by atoms with Crippen LogP contribution in [0.1, 0.15) is 16.7 Å². The summed E-state index contributed by atoms with van der Waals surface area (Å²) in [6.45, 7) is 3.95. The van der Waals surface area contributed by atoms with E-state index in [0.717, 1.165) is 11.1 Å². The van der Waals surface area contributed by atoms with Crippen LogP contribution in [0.4, 0.5) is 5.69 Å². The first kappa shape index (κ1) is 15.5. The second kappa shape index (κ2) is 6.24.